The van der Waals surface area contributed by atoms with E-state index < -0.39 is 11.6 Å². The molecule has 0 heterocycles. The van der Waals surface area contributed by atoms with Crippen LogP contribution in [0, 0.1) is 17.6 Å². The lowest BCUT2D eigenvalue weighted by molar-refractivity contribution is -0.121. The third-order valence-corrected chi connectivity index (χ3v) is 4.12. The maximum absolute atomic E-state index is 14.1. The van der Waals surface area contributed by atoms with Crippen LogP contribution in [0.15, 0.2) is 12.1 Å². The molecule has 20 heavy (non-hydrogen) atoms. The van der Waals surface area contributed by atoms with Gasteiger partial charge in [0.05, 0.1) is 6.61 Å². The van der Waals surface area contributed by atoms with Gasteiger partial charge in [0.15, 0.2) is 11.6 Å². The highest BCUT2D eigenvalue weighted by Crippen LogP contribution is 2.38. The number of ketones is 1. The van der Waals surface area contributed by atoms with Crippen molar-refractivity contribution in [1.29, 1.82) is 0 Å². The summed E-state index contributed by atoms with van der Waals surface area (Å²) in [6.07, 6.45) is 2.98. The number of ether oxygens (including phenoxy) is 1. The molecule has 0 bridgehead atoms. The third-order valence-electron chi connectivity index (χ3n) is 4.12. The lowest BCUT2D eigenvalue weighted by Crippen LogP contribution is -2.19. The first-order valence-electron chi connectivity index (χ1n) is 7.15. The van der Waals surface area contributed by atoms with Crippen molar-refractivity contribution in [2.45, 2.75) is 45.4 Å². The number of carbonyl (C=O) groups is 1. The largest absolute Gasteiger partial charge is 0.491 e. The van der Waals surface area contributed by atoms with Gasteiger partial charge in [-0.25, -0.2) is 4.39 Å². The highest BCUT2D eigenvalue weighted by molar-refractivity contribution is 5.78. The third kappa shape index (κ3) is 3.00. The topological polar surface area (TPSA) is 26.3 Å². The van der Waals surface area contributed by atoms with E-state index in [1.165, 1.54) is 6.07 Å². The van der Waals surface area contributed by atoms with Gasteiger partial charge in [-0.2, -0.15) is 4.39 Å². The van der Waals surface area contributed by atoms with Gasteiger partial charge in [-0.15, -0.1) is 0 Å². The molecule has 0 N–H and O–H groups in total. The van der Waals surface area contributed by atoms with Crippen molar-refractivity contribution in [2.24, 2.45) is 5.92 Å². The van der Waals surface area contributed by atoms with Crippen molar-refractivity contribution in [1.82, 2.24) is 0 Å². The van der Waals surface area contributed by atoms with E-state index in [2.05, 4.69) is 0 Å². The SMILES string of the molecule is CCOc1ccc(C2CCC(C(C)=O)CC2)c(F)c1F. The van der Waals surface area contributed by atoms with E-state index in [9.17, 15) is 13.6 Å². The summed E-state index contributed by atoms with van der Waals surface area (Å²) in [7, 11) is 0. The van der Waals surface area contributed by atoms with Crippen molar-refractivity contribution in [3.05, 3.63) is 29.3 Å². The van der Waals surface area contributed by atoms with Gasteiger partial charge in [0.1, 0.15) is 5.78 Å². The van der Waals surface area contributed by atoms with Crippen molar-refractivity contribution >= 4 is 5.78 Å². The fraction of sp³-hybridized carbons (Fsp3) is 0.562. The molecule has 0 atom stereocenters. The minimum absolute atomic E-state index is 0.00391. The Morgan fingerprint density at radius 2 is 1.85 bits per heavy atom. The number of hydrogen-bond donors (Lipinski definition) is 0. The Balaban J connectivity index is 2.14. The summed E-state index contributed by atoms with van der Waals surface area (Å²) in [5.41, 5.74) is 0.410. The van der Waals surface area contributed by atoms with Crippen LogP contribution in [0.5, 0.6) is 5.75 Å². The molecule has 1 aliphatic rings. The summed E-state index contributed by atoms with van der Waals surface area (Å²) in [6, 6.07) is 3.11. The monoisotopic (exact) mass is 282 g/mol. The van der Waals surface area contributed by atoms with E-state index >= 15 is 0 Å². The smallest absolute Gasteiger partial charge is 0.200 e. The molecule has 1 saturated carbocycles. The number of rotatable bonds is 4. The molecule has 1 aromatic rings. The first-order valence-corrected chi connectivity index (χ1v) is 7.15. The van der Waals surface area contributed by atoms with Crippen LogP contribution in [0.2, 0.25) is 0 Å². The van der Waals surface area contributed by atoms with Gasteiger partial charge in [0.25, 0.3) is 0 Å². The summed E-state index contributed by atoms with van der Waals surface area (Å²) < 4.78 is 33.0. The number of Topliss-reactive ketones (excluding diaryl/α,β-unsaturated/α-hetero) is 1. The minimum Gasteiger partial charge on any atom is -0.491 e. The van der Waals surface area contributed by atoms with E-state index in [-0.39, 0.29) is 23.4 Å². The summed E-state index contributed by atoms with van der Waals surface area (Å²) in [6.45, 7) is 3.63. The molecule has 0 aromatic heterocycles. The summed E-state index contributed by atoms with van der Waals surface area (Å²) in [5.74, 6) is -1.47. The number of carbonyl (C=O) groups excluding carboxylic acids is 1. The number of benzene rings is 1. The zero-order valence-corrected chi connectivity index (χ0v) is 11.9. The van der Waals surface area contributed by atoms with Crippen LogP contribution in [0.4, 0.5) is 8.78 Å². The molecule has 0 spiro atoms. The highest BCUT2D eigenvalue weighted by atomic mass is 19.2. The van der Waals surface area contributed by atoms with Gasteiger partial charge in [0, 0.05) is 5.92 Å². The highest BCUT2D eigenvalue weighted by Gasteiger charge is 2.28. The molecule has 0 unspecified atom stereocenters. The van der Waals surface area contributed by atoms with E-state index in [1.54, 1.807) is 19.9 Å². The standard InChI is InChI=1S/C16H20F2O2/c1-3-20-14-9-8-13(15(17)16(14)18)12-6-4-11(5-7-12)10(2)19/h8-9,11-12H,3-7H2,1-2H3. The van der Waals surface area contributed by atoms with Crippen LogP contribution in [0.1, 0.15) is 51.0 Å². The first-order chi connectivity index (χ1) is 9.54. The Morgan fingerprint density at radius 3 is 2.40 bits per heavy atom. The summed E-state index contributed by atoms with van der Waals surface area (Å²) in [5, 5.41) is 0. The van der Waals surface area contributed by atoms with Crippen LogP contribution in [-0.2, 0) is 4.79 Å². The molecule has 0 aliphatic heterocycles. The van der Waals surface area contributed by atoms with Crippen LogP contribution in [0.25, 0.3) is 0 Å². The summed E-state index contributed by atoms with van der Waals surface area (Å²) >= 11 is 0. The van der Waals surface area contributed by atoms with Crippen molar-refractivity contribution in [3.8, 4) is 5.75 Å². The second-order valence-electron chi connectivity index (χ2n) is 5.37. The molecule has 0 radical (unpaired) electrons. The second-order valence-corrected chi connectivity index (χ2v) is 5.37. The molecule has 1 aromatic carbocycles. The van der Waals surface area contributed by atoms with Gasteiger partial charge in [0.2, 0.25) is 5.82 Å². The van der Waals surface area contributed by atoms with Gasteiger partial charge >= 0.3 is 0 Å². The van der Waals surface area contributed by atoms with Gasteiger partial charge in [-0.1, -0.05) is 6.07 Å². The molecule has 1 fully saturated rings. The maximum atomic E-state index is 14.1. The van der Waals surface area contributed by atoms with Crippen molar-refractivity contribution in [3.63, 3.8) is 0 Å². The van der Waals surface area contributed by atoms with Gasteiger partial charge in [-0.3, -0.25) is 4.79 Å². The quantitative estimate of drug-likeness (QED) is 0.826. The Labute approximate surface area is 118 Å². The maximum Gasteiger partial charge on any atom is 0.200 e. The van der Waals surface area contributed by atoms with Gasteiger partial charge < -0.3 is 4.74 Å². The molecule has 2 nitrogen and oxygen atoms in total. The molecule has 1 aliphatic carbocycles. The molecule has 0 saturated heterocycles. The first kappa shape index (κ1) is 14.9. The average Bonchev–Trinajstić information content (AvgIpc) is 2.44. The Bertz CT molecular complexity index is 491. The predicted octanol–water partition coefficient (Wildman–Crippen LogP) is 4.23. The van der Waals surface area contributed by atoms with Gasteiger partial charge in [-0.05, 0) is 57.1 Å². The Hall–Kier alpha value is -1.45. The van der Waals surface area contributed by atoms with E-state index in [4.69, 9.17) is 4.74 Å². The second kappa shape index (κ2) is 6.33. The molecule has 110 valence electrons. The normalized spacial score (nSPS) is 22.6. The molecule has 4 heteroatoms. The fourth-order valence-corrected chi connectivity index (χ4v) is 2.94. The van der Waals surface area contributed by atoms with E-state index in [1.807, 2.05) is 0 Å². The minimum atomic E-state index is -0.905. The molecule has 2 rings (SSSR count). The van der Waals surface area contributed by atoms with E-state index in [0.29, 0.717) is 12.2 Å². The number of hydrogen-bond acceptors (Lipinski definition) is 2. The zero-order valence-electron chi connectivity index (χ0n) is 11.9. The van der Waals surface area contributed by atoms with E-state index in [0.717, 1.165) is 25.7 Å². The Morgan fingerprint density at radius 1 is 1.20 bits per heavy atom. The Kier molecular flexibility index (Phi) is 4.73. The van der Waals surface area contributed by atoms with Crippen LogP contribution >= 0.6 is 0 Å². The average molecular weight is 282 g/mol. The lowest BCUT2D eigenvalue weighted by atomic mass is 9.77. The van der Waals surface area contributed by atoms with Crippen molar-refractivity contribution in [2.75, 3.05) is 6.61 Å². The lowest BCUT2D eigenvalue weighted by Gasteiger charge is -2.27. The number of halogens is 2. The van der Waals surface area contributed by atoms with Crippen LogP contribution in [0.3, 0.4) is 0 Å². The van der Waals surface area contributed by atoms with Crippen molar-refractivity contribution < 1.29 is 18.3 Å². The fourth-order valence-electron chi connectivity index (χ4n) is 2.94. The molecule has 0 amide bonds. The molecular weight excluding hydrogens is 262 g/mol. The van der Waals surface area contributed by atoms with Crippen LogP contribution < -0.4 is 4.74 Å². The zero-order chi connectivity index (χ0) is 14.7. The predicted molar refractivity (Wildman–Crippen MR) is 72.9 cm³/mol. The molecular formula is C16H20F2O2. The summed E-state index contributed by atoms with van der Waals surface area (Å²) in [4.78, 5) is 11.3. The van der Waals surface area contributed by atoms with Crippen LogP contribution in [-0.4, -0.2) is 12.4 Å².